The van der Waals surface area contributed by atoms with Gasteiger partial charge in [-0.15, -0.1) is 0 Å². The van der Waals surface area contributed by atoms with Gasteiger partial charge in [0.15, 0.2) is 0 Å². The van der Waals surface area contributed by atoms with Crippen molar-refractivity contribution in [3.8, 4) is 0 Å². The van der Waals surface area contributed by atoms with E-state index in [1.165, 1.54) is 11.1 Å². The number of nitrogens with zero attached hydrogens (tertiary/aromatic N) is 1. The summed E-state index contributed by atoms with van der Waals surface area (Å²) >= 11 is 2.55. The second-order valence-electron chi connectivity index (χ2n) is 5.10. The molecule has 1 fully saturated rings. The summed E-state index contributed by atoms with van der Waals surface area (Å²) < 4.78 is 0.520. The Morgan fingerprint density at radius 2 is 1.50 bits per heavy atom. The Hall–Kier alpha value is -0.910. The van der Waals surface area contributed by atoms with Crippen molar-refractivity contribution in [1.82, 2.24) is 10.2 Å². The van der Waals surface area contributed by atoms with E-state index in [1.54, 1.807) is 0 Å². The number of benzene rings is 2. The van der Waals surface area contributed by atoms with Gasteiger partial charge in [0.1, 0.15) is 0 Å². The highest BCUT2D eigenvalue weighted by Gasteiger charge is 2.28. The van der Waals surface area contributed by atoms with Crippen molar-refractivity contribution in [1.29, 1.82) is 0 Å². The monoisotopic (exact) mass is 378 g/mol. The quantitative estimate of drug-likeness (QED) is 0.500. The summed E-state index contributed by atoms with van der Waals surface area (Å²) in [7, 11) is 0. The molecule has 104 valence electrons. The maximum atomic E-state index is 3.47. The molecule has 20 heavy (non-hydrogen) atoms. The van der Waals surface area contributed by atoms with Crippen LogP contribution in [0.15, 0.2) is 60.7 Å². The third-order valence-corrected chi connectivity index (χ3v) is 4.94. The molecule has 0 bridgehead atoms. The molecule has 0 spiro atoms. The SMILES string of the molecule is IC1CNCCN1C(c1ccccc1)c1ccccc1. The molecule has 1 N–H and O–H groups in total. The Bertz CT molecular complexity index is 490. The minimum atomic E-state index is 0.349. The molecule has 2 aromatic rings. The van der Waals surface area contributed by atoms with Crippen LogP contribution >= 0.6 is 22.6 Å². The lowest BCUT2D eigenvalue weighted by molar-refractivity contribution is 0.187. The first-order chi connectivity index (χ1) is 9.86. The zero-order chi connectivity index (χ0) is 13.8. The number of hydrogen-bond acceptors (Lipinski definition) is 2. The summed E-state index contributed by atoms with van der Waals surface area (Å²) in [5.74, 6) is 0. The molecule has 1 atom stereocenters. The van der Waals surface area contributed by atoms with Crippen molar-refractivity contribution in [3.05, 3.63) is 71.8 Å². The van der Waals surface area contributed by atoms with Gasteiger partial charge in [-0.05, 0) is 11.1 Å². The van der Waals surface area contributed by atoms with Crippen LogP contribution in [-0.4, -0.2) is 28.6 Å². The van der Waals surface area contributed by atoms with Gasteiger partial charge in [0, 0.05) is 19.6 Å². The van der Waals surface area contributed by atoms with Gasteiger partial charge >= 0.3 is 0 Å². The third kappa shape index (κ3) is 3.05. The van der Waals surface area contributed by atoms with Crippen molar-refractivity contribution in [2.45, 2.75) is 10.1 Å². The Labute approximate surface area is 134 Å². The van der Waals surface area contributed by atoms with Gasteiger partial charge in [-0.3, -0.25) is 4.90 Å². The third-order valence-electron chi connectivity index (χ3n) is 3.78. The van der Waals surface area contributed by atoms with E-state index in [0.717, 1.165) is 19.6 Å². The van der Waals surface area contributed by atoms with E-state index < -0.39 is 0 Å². The Balaban J connectivity index is 1.99. The van der Waals surface area contributed by atoms with E-state index in [1.807, 2.05) is 0 Å². The number of hydrogen-bond donors (Lipinski definition) is 1. The van der Waals surface area contributed by atoms with Crippen LogP contribution in [0.1, 0.15) is 17.2 Å². The number of halogens is 1. The molecule has 0 radical (unpaired) electrons. The summed E-state index contributed by atoms with van der Waals surface area (Å²) in [4.78, 5) is 2.60. The fraction of sp³-hybridized carbons (Fsp3) is 0.294. The van der Waals surface area contributed by atoms with Gasteiger partial charge < -0.3 is 5.32 Å². The smallest absolute Gasteiger partial charge is 0.0753 e. The van der Waals surface area contributed by atoms with Crippen LogP contribution in [0.3, 0.4) is 0 Å². The van der Waals surface area contributed by atoms with E-state index in [4.69, 9.17) is 0 Å². The molecular formula is C17H19IN2. The van der Waals surface area contributed by atoms with Crippen molar-refractivity contribution in [3.63, 3.8) is 0 Å². The van der Waals surface area contributed by atoms with Crippen LogP contribution in [0.2, 0.25) is 0 Å². The highest BCUT2D eigenvalue weighted by molar-refractivity contribution is 14.1. The van der Waals surface area contributed by atoms with E-state index in [-0.39, 0.29) is 0 Å². The lowest BCUT2D eigenvalue weighted by Gasteiger charge is -2.39. The van der Waals surface area contributed by atoms with Crippen molar-refractivity contribution < 1.29 is 0 Å². The van der Waals surface area contributed by atoms with Gasteiger partial charge in [-0.2, -0.15) is 0 Å². The maximum absolute atomic E-state index is 3.47. The van der Waals surface area contributed by atoms with Gasteiger partial charge in [0.2, 0.25) is 0 Å². The predicted octanol–water partition coefficient (Wildman–Crippen LogP) is 3.44. The molecule has 2 aromatic carbocycles. The first-order valence-electron chi connectivity index (χ1n) is 7.06. The van der Waals surface area contributed by atoms with Crippen LogP contribution in [0.25, 0.3) is 0 Å². The fourth-order valence-corrected chi connectivity index (χ4v) is 3.74. The number of piperazine rings is 1. The van der Waals surface area contributed by atoms with E-state index in [9.17, 15) is 0 Å². The predicted molar refractivity (Wildman–Crippen MR) is 92.1 cm³/mol. The largest absolute Gasteiger partial charge is 0.313 e. The molecule has 0 amide bonds. The fourth-order valence-electron chi connectivity index (χ4n) is 2.82. The Morgan fingerprint density at radius 3 is 2.00 bits per heavy atom. The molecule has 1 aliphatic heterocycles. The van der Waals surface area contributed by atoms with Gasteiger partial charge in [-0.25, -0.2) is 0 Å². The Kier molecular flexibility index (Phi) is 4.70. The normalized spacial score (nSPS) is 20.2. The second kappa shape index (κ2) is 6.70. The molecule has 0 aliphatic carbocycles. The summed E-state index contributed by atoms with van der Waals surface area (Å²) in [5.41, 5.74) is 2.75. The van der Waals surface area contributed by atoms with Crippen LogP contribution in [0.4, 0.5) is 0 Å². The summed E-state index contributed by atoms with van der Waals surface area (Å²) in [6, 6.07) is 22.0. The van der Waals surface area contributed by atoms with E-state index in [2.05, 4.69) is 93.5 Å². The number of rotatable bonds is 3. The van der Waals surface area contributed by atoms with Gasteiger partial charge in [0.05, 0.1) is 10.1 Å². The molecule has 3 heteroatoms. The lowest BCUT2D eigenvalue weighted by Crippen LogP contribution is -2.49. The average Bonchev–Trinajstić information content (AvgIpc) is 2.52. The molecule has 3 rings (SSSR count). The second-order valence-corrected chi connectivity index (χ2v) is 6.54. The van der Waals surface area contributed by atoms with Crippen LogP contribution in [0, 0.1) is 0 Å². The molecule has 2 nitrogen and oxygen atoms in total. The van der Waals surface area contributed by atoms with Gasteiger partial charge in [-0.1, -0.05) is 83.3 Å². The van der Waals surface area contributed by atoms with Crippen molar-refractivity contribution in [2.24, 2.45) is 0 Å². The molecule has 1 heterocycles. The minimum absolute atomic E-state index is 0.349. The zero-order valence-corrected chi connectivity index (χ0v) is 13.5. The summed E-state index contributed by atoms with van der Waals surface area (Å²) in [6.07, 6.45) is 0. The number of nitrogens with one attached hydrogen (secondary N) is 1. The van der Waals surface area contributed by atoms with Crippen LogP contribution < -0.4 is 5.32 Å². The first kappa shape index (κ1) is 14.0. The zero-order valence-electron chi connectivity index (χ0n) is 11.4. The summed E-state index contributed by atoms with van der Waals surface area (Å²) in [6.45, 7) is 3.20. The average molecular weight is 378 g/mol. The van der Waals surface area contributed by atoms with Crippen molar-refractivity contribution in [2.75, 3.05) is 19.6 Å². The minimum Gasteiger partial charge on any atom is -0.313 e. The highest BCUT2D eigenvalue weighted by atomic mass is 127. The van der Waals surface area contributed by atoms with E-state index in [0.29, 0.717) is 10.1 Å². The molecule has 1 unspecified atom stereocenters. The summed E-state index contributed by atoms with van der Waals surface area (Å²) in [5, 5.41) is 3.47. The molecule has 0 saturated carbocycles. The van der Waals surface area contributed by atoms with E-state index >= 15 is 0 Å². The van der Waals surface area contributed by atoms with Gasteiger partial charge in [0.25, 0.3) is 0 Å². The van der Waals surface area contributed by atoms with Crippen molar-refractivity contribution >= 4 is 22.6 Å². The van der Waals surface area contributed by atoms with Crippen LogP contribution in [-0.2, 0) is 0 Å². The molecule has 1 saturated heterocycles. The molecular weight excluding hydrogens is 359 g/mol. The maximum Gasteiger partial charge on any atom is 0.0753 e. The topological polar surface area (TPSA) is 15.3 Å². The molecule has 1 aliphatic rings. The first-order valence-corrected chi connectivity index (χ1v) is 8.31. The standard InChI is InChI=1S/C17H19IN2/c18-16-13-19-11-12-20(16)17(14-7-3-1-4-8-14)15-9-5-2-6-10-15/h1-10,16-17,19H,11-13H2. The Morgan fingerprint density at radius 1 is 0.950 bits per heavy atom. The number of alkyl halides is 1. The highest BCUT2D eigenvalue weighted by Crippen LogP contribution is 2.32. The molecule has 0 aromatic heterocycles. The van der Waals surface area contributed by atoms with Crippen LogP contribution in [0.5, 0.6) is 0 Å². The lowest BCUT2D eigenvalue weighted by atomic mass is 9.96.